The molecule has 1 amide bonds. The Morgan fingerprint density at radius 2 is 1.87 bits per heavy atom. The predicted molar refractivity (Wildman–Crippen MR) is 131 cm³/mol. The molecule has 7 heteroatoms. The lowest BCUT2D eigenvalue weighted by Gasteiger charge is -2.20. The van der Waals surface area contributed by atoms with E-state index in [0.717, 1.165) is 48.6 Å². The van der Waals surface area contributed by atoms with E-state index < -0.39 is 0 Å². The average molecular weight is 468 g/mol. The van der Waals surface area contributed by atoms with Crippen molar-refractivity contribution >= 4 is 56.0 Å². The van der Waals surface area contributed by atoms with Gasteiger partial charge in [-0.3, -0.25) is 14.7 Å². The lowest BCUT2D eigenvalue weighted by atomic mass is 10.2. The van der Waals surface area contributed by atoms with Crippen molar-refractivity contribution in [3.05, 3.63) is 83.1 Å². The highest BCUT2D eigenvalue weighted by molar-refractivity contribution is 7.99. The third-order valence-electron chi connectivity index (χ3n) is 4.85. The topological polar surface area (TPSA) is 46.1 Å². The molecule has 0 aliphatic heterocycles. The van der Waals surface area contributed by atoms with Crippen LogP contribution < -0.4 is 4.90 Å². The number of thioether (sulfide) groups is 1. The van der Waals surface area contributed by atoms with E-state index in [1.165, 1.54) is 0 Å². The van der Waals surface area contributed by atoms with Gasteiger partial charge in [-0.1, -0.05) is 35.1 Å². The Hall–Kier alpha value is -2.41. The highest BCUT2D eigenvalue weighted by Crippen LogP contribution is 2.32. The maximum Gasteiger partial charge on any atom is 0.229 e. The Morgan fingerprint density at radius 3 is 2.61 bits per heavy atom. The Labute approximate surface area is 195 Å². The highest BCUT2D eigenvalue weighted by atomic mass is 35.5. The van der Waals surface area contributed by atoms with Crippen LogP contribution in [0.25, 0.3) is 10.2 Å². The van der Waals surface area contributed by atoms with Crippen molar-refractivity contribution in [3.63, 3.8) is 0 Å². The van der Waals surface area contributed by atoms with Crippen LogP contribution in [0, 0.1) is 6.92 Å². The number of para-hydroxylation sites is 1. The van der Waals surface area contributed by atoms with Crippen LogP contribution in [-0.4, -0.2) is 21.6 Å². The maximum absolute atomic E-state index is 13.2. The number of anilines is 1. The van der Waals surface area contributed by atoms with E-state index in [1.807, 2.05) is 47.4 Å². The van der Waals surface area contributed by atoms with Gasteiger partial charge in [-0.25, -0.2) is 4.98 Å². The summed E-state index contributed by atoms with van der Waals surface area (Å²) in [5.74, 6) is 0.959. The SMILES string of the molecule is Cc1cccc2sc(N(Cc3ccncc3)C(=O)CCCSc3ccc(Cl)cc3)nc12. The molecule has 0 fully saturated rings. The average Bonchev–Trinajstić information content (AvgIpc) is 3.22. The van der Waals surface area contributed by atoms with Gasteiger partial charge in [-0.2, -0.15) is 0 Å². The van der Waals surface area contributed by atoms with Gasteiger partial charge in [-0.05, 0) is 72.7 Å². The number of rotatable bonds is 8. The van der Waals surface area contributed by atoms with Crippen LogP contribution in [0.1, 0.15) is 24.0 Å². The van der Waals surface area contributed by atoms with Crippen LogP contribution in [0.3, 0.4) is 0 Å². The largest absolute Gasteiger partial charge is 0.284 e. The molecule has 0 spiro atoms. The number of pyridine rings is 1. The number of amides is 1. The second-order valence-corrected chi connectivity index (χ2v) is 9.77. The van der Waals surface area contributed by atoms with E-state index in [4.69, 9.17) is 16.6 Å². The number of aromatic nitrogens is 2. The van der Waals surface area contributed by atoms with E-state index in [9.17, 15) is 4.79 Å². The molecule has 0 unspecified atom stereocenters. The standard InChI is InChI=1S/C24H22ClN3OS2/c1-17-4-2-5-21-23(17)27-24(31-21)28(16-18-11-13-26-14-12-18)22(29)6-3-15-30-20-9-7-19(25)8-10-20/h2,4-5,7-14H,3,6,15-16H2,1H3. The molecule has 0 bridgehead atoms. The molecule has 0 saturated carbocycles. The van der Waals surface area contributed by atoms with Crippen molar-refractivity contribution in [1.82, 2.24) is 9.97 Å². The Balaban J connectivity index is 1.47. The number of carbonyl (C=O) groups excluding carboxylic acids is 1. The number of halogens is 1. The van der Waals surface area contributed by atoms with Crippen molar-refractivity contribution in [1.29, 1.82) is 0 Å². The molecule has 0 radical (unpaired) electrons. The molecule has 2 heterocycles. The van der Waals surface area contributed by atoms with Gasteiger partial charge in [0.15, 0.2) is 5.13 Å². The van der Waals surface area contributed by atoms with Gasteiger partial charge in [0.1, 0.15) is 0 Å². The minimum absolute atomic E-state index is 0.0882. The molecule has 4 nitrogen and oxygen atoms in total. The molecular weight excluding hydrogens is 446 g/mol. The van der Waals surface area contributed by atoms with Gasteiger partial charge in [-0.15, -0.1) is 11.8 Å². The number of hydrogen-bond acceptors (Lipinski definition) is 5. The van der Waals surface area contributed by atoms with E-state index in [2.05, 4.69) is 24.0 Å². The molecule has 158 valence electrons. The first-order valence-electron chi connectivity index (χ1n) is 10.0. The monoisotopic (exact) mass is 467 g/mol. The van der Waals surface area contributed by atoms with Gasteiger partial charge >= 0.3 is 0 Å². The van der Waals surface area contributed by atoms with Gasteiger partial charge in [0.25, 0.3) is 0 Å². The van der Waals surface area contributed by atoms with E-state index in [0.29, 0.717) is 13.0 Å². The first-order valence-corrected chi connectivity index (χ1v) is 12.2. The number of thiazole rings is 1. The first-order chi connectivity index (χ1) is 15.1. The van der Waals surface area contributed by atoms with E-state index >= 15 is 0 Å². The number of fused-ring (bicyclic) bond motifs is 1. The quantitative estimate of drug-likeness (QED) is 0.212. The van der Waals surface area contributed by atoms with Gasteiger partial charge in [0.2, 0.25) is 5.91 Å². The lowest BCUT2D eigenvalue weighted by Crippen LogP contribution is -2.30. The number of carbonyl (C=O) groups is 1. The number of hydrogen-bond donors (Lipinski definition) is 0. The second kappa shape index (κ2) is 10.3. The van der Waals surface area contributed by atoms with Crippen molar-refractivity contribution in [3.8, 4) is 0 Å². The summed E-state index contributed by atoms with van der Waals surface area (Å²) in [6.45, 7) is 2.54. The number of nitrogens with zero attached hydrogens (tertiary/aromatic N) is 3. The Morgan fingerprint density at radius 1 is 1.10 bits per heavy atom. The van der Waals surface area contributed by atoms with Crippen LogP contribution >= 0.6 is 34.7 Å². The summed E-state index contributed by atoms with van der Waals surface area (Å²) < 4.78 is 1.10. The molecule has 0 saturated heterocycles. The minimum Gasteiger partial charge on any atom is -0.284 e. The molecular formula is C24H22ClN3OS2. The van der Waals surface area contributed by atoms with Gasteiger partial charge < -0.3 is 0 Å². The number of aryl methyl sites for hydroxylation is 1. The summed E-state index contributed by atoms with van der Waals surface area (Å²) in [6, 6.07) is 17.8. The fourth-order valence-electron chi connectivity index (χ4n) is 3.20. The highest BCUT2D eigenvalue weighted by Gasteiger charge is 2.20. The summed E-state index contributed by atoms with van der Waals surface area (Å²) >= 11 is 9.25. The molecule has 0 aliphatic rings. The normalized spacial score (nSPS) is 11.0. The summed E-state index contributed by atoms with van der Waals surface area (Å²) in [4.78, 5) is 25.1. The van der Waals surface area contributed by atoms with Crippen molar-refractivity contribution in [2.24, 2.45) is 0 Å². The summed E-state index contributed by atoms with van der Waals surface area (Å²) in [5, 5.41) is 1.48. The Bertz CT molecular complexity index is 1160. The minimum atomic E-state index is 0.0882. The van der Waals surface area contributed by atoms with Gasteiger partial charge in [0, 0.05) is 28.7 Å². The molecule has 0 aliphatic carbocycles. The fraction of sp³-hybridized carbons (Fsp3) is 0.208. The summed E-state index contributed by atoms with van der Waals surface area (Å²) in [7, 11) is 0. The Kier molecular flexibility index (Phi) is 7.22. The fourth-order valence-corrected chi connectivity index (χ4v) is 5.24. The maximum atomic E-state index is 13.2. The molecule has 4 rings (SSSR count). The second-order valence-electron chi connectivity index (χ2n) is 7.16. The van der Waals surface area contributed by atoms with Gasteiger partial charge in [0.05, 0.1) is 16.8 Å². The molecule has 2 aromatic carbocycles. The molecule has 0 N–H and O–H groups in total. The molecule has 2 aromatic heterocycles. The van der Waals surface area contributed by atoms with Crippen LogP contribution in [0.2, 0.25) is 5.02 Å². The third kappa shape index (κ3) is 5.64. The van der Waals surface area contributed by atoms with Crippen LogP contribution in [0.15, 0.2) is 71.9 Å². The molecule has 0 atom stereocenters. The summed E-state index contributed by atoms with van der Waals surface area (Å²) in [5.41, 5.74) is 3.12. The van der Waals surface area contributed by atoms with Crippen LogP contribution in [0.4, 0.5) is 5.13 Å². The lowest BCUT2D eigenvalue weighted by molar-refractivity contribution is -0.118. The predicted octanol–water partition coefficient (Wildman–Crippen LogP) is 6.76. The van der Waals surface area contributed by atoms with Crippen LogP contribution in [0.5, 0.6) is 0 Å². The zero-order chi connectivity index (χ0) is 21.6. The van der Waals surface area contributed by atoms with E-state index in [-0.39, 0.29) is 5.91 Å². The van der Waals surface area contributed by atoms with Crippen LogP contribution in [-0.2, 0) is 11.3 Å². The van der Waals surface area contributed by atoms with E-state index in [1.54, 1.807) is 35.5 Å². The molecule has 4 aromatic rings. The van der Waals surface area contributed by atoms with Crippen molar-refractivity contribution < 1.29 is 4.79 Å². The zero-order valence-electron chi connectivity index (χ0n) is 17.1. The third-order valence-corrected chi connectivity index (χ3v) is 7.24. The van der Waals surface area contributed by atoms with Crippen molar-refractivity contribution in [2.75, 3.05) is 10.7 Å². The first kappa shape index (κ1) is 21.8. The van der Waals surface area contributed by atoms with Crippen molar-refractivity contribution in [2.45, 2.75) is 31.2 Å². The smallest absolute Gasteiger partial charge is 0.229 e. The summed E-state index contributed by atoms with van der Waals surface area (Å²) in [6.07, 6.45) is 4.77. The molecule has 31 heavy (non-hydrogen) atoms. The number of benzene rings is 2. The zero-order valence-corrected chi connectivity index (χ0v) is 19.5.